The van der Waals surface area contributed by atoms with Crippen LogP contribution in [0.15, 0.2) is 16.6 Å². The molecule has 0 saturated heterocycles. The molecule has 0 atom stereocenters. The normalized spacial score (nSPS) is 15.9. The number of alkyl halides is 1. The highest BCUT2D eigenvalue weighted by Gasteiger charge is 2.21. The summed E-state index contributed by atoms with van der Waals surface area (Å²) in [5, 5.41) is 0. The molecule has 1 aliphatic carbocycles. The minimum atomic E-state index is -0.236. The minimum Gasteiger partial charge on any atom is -0.328 e. The zero-order valence-electron chi connectivity index (χ0n) is 10.5. The van der Waals surface area contributed by atoms with E-state index in [0.29, 0.717) is 16.3 Å². The second kappa shape index (κ2) is 5.41. The average Bonchev–Trinajstić information content (AvgIpc) is 2.63. The lowest BCUT2D eigenvalue weighted by atomic mass is 9.85. The summed E-state index contributed by atoms with van der Waals surface area (Å²) in [6.45, 7) is 0.934. The molecule has 0 N–H and O–H groups in total. The van der Waals surface area contributed by atoms with Gasteiger partial charge in [-0.05, 0) is 40.8 Å². The Labute approximate surface area is 125 Å². The van der Waals surface area contributed by atoms with Crippen molar-refractivity contribution < 1.29 is 4.39 Å². The van der Waals surface area contributed by atoms with Crippen LogP contribution in [0.1, 0.15) is 25.1 Å². The van der Waals surface area contributed by atoms with Crippen LogP contribution in [-0.4, -0.2) is 15.4 Å². The van der Waals surface area contributed by atoms with Gasteiger partial charge in [-0.25, -0.2) is 9.37 Å². The van der Waals surface area contributed by atoms with Crippen molar-refractivity contribution in [1.29, 1.82) is 0 Å². The zero-order valence-corrected chi connectivity index (χ0v) is 12.8. The summed E-state index contributed by atoms with van der Waals surface area (Å²) in [4.78, 5) is 4.60. The summed E-state index contributed by atoms with van der Waals surface area (Å²) < 4.78 is 16.4. The fourth-order valence-electron chi connectivity index (χ4n) is 2.58. The molecule has 0 amide bonds. The third-order valence-corrected chi connectivity index (χ3v) is 4.65. The molecule has 1 aromatic heterocycles. The van der Waals surface area contributed by atoms with Gasteiger partial charge in [0.05, 0.1) is 15.5 Å². The van der Waals surface area contributed by atoms with Crippen LogP contribution < -0.4 is 0 Å². The number of rotatable bonds is 4. The molecule has 0 spiro atoms. The van der Waals surface area contributed by atoms with E-state index in [0.717, 1.165) is 29.8 Å². The zero-order chi connectivity index (χ0) is 13.4. The van der Waals surface area contributed by atoms with Gasteiger partial charge in [-0.2, -0.15) is 0 Å². The van der Waals surface area contributed by atoms with Crippen molar-refractivity contribution in [3.05, 3.63) is 28.2 Å². The van der Waals surface area contributed by atoms with E-state index < -0.39 is 0 Å². The van der Waals surface area contributed by atoms with Crippen LogP contribution >= 0.6 is 27.5 Å². The second-order valence-electron chi connectivity index (χ2n) is 5.13. The van der Waals surface area contributed by atoms with Gasteiger partial charge < -0.3 is 4.57 Å². The fraction of sp³-hybridized carbons (Fsp3) is 0.500. The van der Waals surface area contributed by atoms with Crippen LogP contribution in [-0.2, 0) is 13.0 Å². The summed E-state index contributed by atoms with van der Waals surface area (Å²) in [5.41, 5.74) is 1.72. The lowest BCUT2D eigenvalue weighted by molar-refractivity contribution is 0.277. The number of hydrogen-bond donors (Lipinski definition) is 0. The first-order valence-electron chi connectivity index (χ1n) is 6.59. The predicted octanol–water partition coefficient (Wildman–Crippen LogP) is 4.52. The lowest BCUT2D eigenvalue weighted by Crippen LogP contribution is -2.19. The van der Waals surface area contributed by atoms with Crippen LogP contribution in [0, 0.1) is 11.7 Å². The van der Waals surface area contributed by atoms with Gasteiger partial charge in [0, 0.05) is 24.9 Å². The Balaban J connectivity index is 2.07. The molecule has 0 radical (unpaired) electrons. The van der Waals surface area contributed by atoms with Crippen molar-refractivity contribution >= 4 is 38.6 Å². The number of aryl methyl sites for hydroxylation is 1. The van der Waals surface area contributed by atoms with Crippen LogP contribution in [0.2, 0.25) is 0 Å². The van der Waals surface area contributed by atoms with Crippen LogP contribution in [0.5, 0.6) is 0 Å². The highest BCUT2D eigenvalue weighted by Crippen LogP contribution is 2.31. The predicted molar refractivity (Wildman–Crippen MR) is 79.2 cm³/mol. The number of imidazole rings is 1. The van der Waals surface area contributed by atoms with Gasteiger partial charge >= 0.3 is 0 Å². The molecule has 3 rings (SSSR count). The largest absolute Gasteiger partial charge is 0.328 e. The number of aromatic nitrogens is 2. The van der Waals surface area contributed by atoms with Crippen LogP contribution in [0.3, 0.4) is 0 Å². The first kappa shape index (κ1) is 13.4. The Kier molecular flexibility index (Phi) is 3.81. The lowest BCUT2D eigenvalue weighted by Gasteiger charge is -2.26. The van der Waals surface area contributed by atoms with Gasteiger partial charge in [-0.3, -0.25) is 0 Å². The van der Waals surface area contributed by atoms with Crippen LogP contribution in [0.4, 0.5) is 4.39 Å². The summed E-state index contributed by atoms with van der Waals surface area (Å²) in [6.07, 6.45) is 4.56. The van der Waals surface area contributed by atoms with Gasteiger partial charge in [0.15, 0.2) is 0 Å². The highest BCUT2D eigenvalue weighted by molar-refractivity contribution is 9.10. The number of nitrogens with zero attached hydrogens (tertiary/aromatic N) is 2. The molecule has 1 saturated carbocycles. The molecular weight excluding hydrogens is 331 g/mol. The number of fused-ring (bicyclic) bond motifs is 1. The average molecular weight is 346 g/mol. The molecule has 5 heteroatoms. The molecule has 1 aliphatic rings. The van der Waals surface area contributed by atoms with E-state index in [4.69, 9.17) is 11.6 Å². The van der Waals surface area contributed by atoms with Gasteiger partial charge in [0.1, 0.15) is 11.6 Å². The maximum Gasteiger partial charge on any atom is 0.139 e. The van der Waals surface area contributed by atoms with E-state index in [-0.39, 0.29) is 5.82 Å². The first-order valence-corrected chi connectivity index (χ1v) is 7.92. The summed E-state index contributed by atoms with van der Waals surface area (Å²) >= 11 is 9.06. The maximum atomic E-state index is 13.7. The SMILES string of the molecule is Fc1cc2c(cc1Br)nc(CCCl)n2CC1CCC1. The van der Waals surface area contributed by atoms with Crippen molar-refractivity contribution in [1.82, 2.24) is 9.55 Å². The quantitative estimate of drug-likeness (QED) is 0.745. The fourth-order valence-corrected chi connectivity index (χ4v) is 3.08. The molecule has 102 valence electrons. The van der Waals surface area contributed by atoms with Gasteiger partial charge in [0.2, 0.25) is 0 Å². The van der Waals surface area contributed by atoms with Crippen LogP contribution in [0.25, 0.3) is 11.0 Å². The van der Waals surface area contributed by atoms with E-state index in [2.05, 4.69) is 25.5 Å². The number of benzene rings is 1. The molecule has 0 bridgehead atoms. The van der Waals surface area contributed by atoms with Crippen molar-refractivity contribution in [2.75, 3.05) is 5.88 Å². The monoisotopic (exact) mass is 344 g/mol. The maximum absolute atomic E-state index is 13.7. The summed E-state index contributed by atoms with van der Waals surface area (Å²) in [7, 11) is 0. The second-order valence-corrected chi connectivity index (χ2v) is 6.36. The number of hydrogen-bond acceptors (Lipinski definition) is 1. The van der Waals surface area contributed by atoms with Crippen molar-refractivity contribution in [3.63, 3.8) is 0 Å². The van der Waals surface area contributed by atoms with E-state index in [9.17, 15) is 4.39 Å². The smallest absolute Gasteiger partial charge is 0.139 e. The molecule has 1 fully saturated rings. The van der Waals surface area contributed by atoms with E-state index >= 15 is 0 Å². The Morgan fingerprint density at radius 1 is 1.42 bits per heavy atom. The molecule has 0 aliphatic heterocycles. The molecular formula is C14H15BrClFN2. The Bertz CT molecular complexity index is 607. The topological polar surface area (TPSA) is 17.8 Å². The van der Waals surface area contributed by atoms with E-state index in [1.807, 2.05) is 0 Å². The molecule has 19 heavy (non-hydrogen) atoms. The third-order valence-electron chi connectivity index (χ3n) is 3.85. The minimum absolute atomic E-state index is 0.236. The Morgan fingerprint density at radius 2 is 2.21 bits per heavy atom. The Hall–Kier alpha value is -0.610. The first-order chi connectivity index (χ1) is 9.19. The van der Waals surface area contributed by atoms with Crippen molar-refractivity contribution in [2.45, 2.75) is 32.2 Å². The number of halogens is 3. The van der Waals surface area contributed by atoms with Gasteiger partial charge in [-0.1, -0.05) is 6.42 Å². The van der Waals surface area contributed by atoms with Crippen molar-refractivity contribution in [3.8, 4) is 0 Å². The standard InChI is InChI=1S/C14H15BrClFN2/c15-10-6-12-13(7-11(10)17)19(8-9-2-1-3-9)14(18-12)4-5-16/h6-7,9H,1-5,8H2. The third kappa shape index (κ3) is 2.52. The van der Waals surface area contributed by atoms with Gasteiger partial charge in [0.25, 0.3) is 0 Å². The van der Waals surface area contributed by atoms with E-state index in [1.165, 1.54) is 19.3 Å². The Morgan fingerprint density at radius 3 is 2.84 bits per heavy atom. The van der Waals surface area contributed by atoms with Crippen molar-refractivity contribution in [2.24, 2.45) is 5.92 Å². The van der Waals surface area contributed by atoms with Gasteiger partial charge in [-0.15, -0.1) is 11.6 Å². The summed E-state index contributed by atoms with van der Waals surface area (Å²) in [6, 6.07) is 3.32. The molecule has 2 nitrogen and oxygen atoms in total. The molecule has 0 unspecified atom stereocenters. The van der Waals surface area contributed by atoms with E-state index in [1.54, 1.807) is 12.1 Å². The highest BCUT2D eigenvalue weighted by atomic mass is 79.9. The summed E-state index contributed by atoms with van der Waals surface area (Å²) in [5.74, 6) is 1.98. The molecule has 1 heterocycles. The molecule has 1 aromatic carbocycles. The molecule has 2 aromatic rings.